The summed E-state index contributed by atoms with van der Waals surface area (Å²) in [5.41, 5.74) is 1.24. The predicted octanol–water partition coefficient (Wildman–Crippen LogP) is 1.64. The van der Waals surface area contributed by atoms with Crippen molar-refractivity contribution >= 4 is 11.8 Å². The molecule has 5 nitrogen and oxygen atoms in total. The zero-order valence-electron chi connectivity index (χ0n) is 14.5. The van der Waals surface area contributed by atoms with Crippen molar-refractivity contribution in [2.24, 2.45) is 5.41 Å². The molecule has 0 saturated carbocycles. The molecule has 0 bridgehead atoms. The summed E-state index contributed by atoms with van der Waals surface area (Å²) in [6, 6.07) is 10.2. The first-order valence-corrected chi connectivity index (χ1v) is 8.86. The highest BCUT2D eigenvalue weighted by Gasteiger charge is 2.42. The average Bonchev–Trinajstić information content (AvgIpc) is 2.60. The van der Waals surface area contributed by atoms with E-state index in [1.165, 1.54) is 5.56 Å². The maximum atomic E-state index is 12.4. The number of likely N-dealkylation sites (N-methyl/N-ethyl adjacent to an activating group) is 1. The van der Waals surface area contributed by atoms with Crippen LogP contribution in [0.25, 0.3) is 0 Å². The van der Waals surface area contributed by atoms with Gasteiger partial charge < -0.3 is 15.1 Å². The van der Waals surface area contributed by atoms with Gasteiger partial charge in [-0.1, -0.05) is 30.3 Å². The lowest BCUT2D eigenvalue weighted by Crippen LogP contribution is -2.55. The Balaban J connectivity index is 1.69. The summed E-state index contributed by atoms with van der Waals surface area (Å²) in [7, 11) is 1.80. The quantitative estimate of drug-likeness (QED) is 0.914. The minimum absolute atomic E-state index is 0.0738. The van der Waals surface area contributed by atoms with E-state index in [2.05, 4.69) is 17.4 Å². The lowest BCUT2D eigenvalue weighted by molar-refractivity contribution is -0.143. The molecule has 0 unspecified atom stereocenters. The van der Waals surface area contributed by atoms with Crippen LogP contribution in [0.5, 0.6) is 0 Å². The van der Waals surface area contributed by atoms with Crippen molar-refractivity contribution in [1.29, 1.82) is 0 Å². The van der Waals surface area contributed by atoms with E-state index < -0.39 is 0 Å². The molecule has 2 fully saturated rings. The van der Waals surface area contributed by atoms with Crippen LogP contribution in [0.4, 0.5) is 0 Å². The molecule has 130 valence electrons. The fourth-order valence-corrected chi connectivity index (χ4v) is 4.07. The van der Waals surface area contributed by atoms with E-state index in [9.17, 15) is 9.59 Å². The highest BCUT2D eigenvalue weighted by atomic mass is 16.2. The number of hydrogen-bond acceptors (Lipinski definition) is 3. The summed E-state index contributed by atoms with van der Waals surface area (Å²) in [4.78, 5) is 28.6. The van der Waals surface area contributed by atoms with Crippen LogP contribution in [0.1, 0.15) is 31.2 Å². The number of amides is 2. The van der Waals surface area contributed by atoms with Gasteiger partial charge in [0.05, 0.1) is 6.54 Å². The summed E-state index contributed by atoms with van der Waals surface area (Å²) in [5, 5.41) is 2.95. The van der Waals surface area contributed by atoms with Crippen molar-refractivity contribution in [3.8, 4) is 0 Å². The third-order valence-corrected chi connectivity index (χ3v) is 5.31. The van der Waals surface area contributed by atoms with Gasteiger partial charge in [-0.15, -0.1) is 0 Å². The standard InChI is InChI=1S/C19H27N3O2/c1-20-12-18(24)21-11-5-9-19(14-21)10-8-17(23)22(15-19)13-16-6-3-2-4-7-16/h2-4,6-7,20H,5,8-15H2,1H3/t19-/m1/s1. The largest absolute Gasteiger partial charge is 0.341 e. The molecular formula is C19H27N3O2. The minimum Gasteiger partial charge on any atom is -0.341 e. The van der Waals surface area contributed by atoms with E-state index >= 15 is 0 Å². The van der Waals surface area contributed by atoms with E-state index in [1.807, 2.05) is 28.0 Å². The van der Waals surface area contributed by atoms with Crippen LogP contribution >= 0.6 is 0 Å². The number of carbonyl (C=O) groups excluding carboxylic acids is 2. The number of hydrogen-bond donors (Lipinski definition) is 1. The number of likely N-dealkylation sites (tertiary alicyclic amines) is 2. The molecule has 0 aromatic heterocycles. The van der Waals surface area contributed by atoms with Gasteiger partial charge in [-0.05, 0) is 31.9 Å². The highest BCUT2D eigenvalue weighted by Crippen LogP contribution is 2.39. The Labute approximate surface area is 144 Å². The number of carbonyl (C=O) groups is 2. The van der Waals surface area contributed by atoms with Gasteiger partial charge in [0, 0.05) is 38.0 Å². The van der Waals surface area contributed by atoms with Gasteiger partial charge in [-0.25, -0.2) is 0 Å². The minimum atomic E-state index is 0.0738. The first kappa shape index (κ1) is 17.0. The van der Waals surface area contributed by atoms with Crippen molar-refractivity contribution in [2.45, 2.75) is 32.2 Å². The zero-order chi connectivity index (χ0) is 17.0. The fourth-order valence-electron chi connectivity index (χ4n) is 4.07. The van der Waals surface area contributed by atoms with E-state index in [-0.39, 0.29) is 17.2 Å². The lowest BCUT2D eigenvalue weighted by Gasteiger charge is -2.48. The Hall–Kier alpha value is -1.88. The van der Waals surface area contributed by atoms with Gasteiger partial charge in [0.2, 0.25) is 11.8 Å². The fraction of sp³-hybridized carbons (Fsp3) is 0.579. The summed E-state index contributed by atoms with van der Waals surface area (Å²) in [6.45, 7) is 3.46. The average molecular weight is 329 g/mol. The second-order valence-corrected chi connectivity index (χ2v) is 7.18. The first-order chi connectivity index (χ1) is 11.6. The lowest BCUT2D eigenvalue weighted by atomic mass is 9.73. The molecule has 0 aliphatic carbocycles. The van der Waals surface area contributed by atoms with E-state index in [1.54, 1.807) is 7.05 Å². The van der Waals surface area contributed by atoms with Crippen LogP contribution in [0.2, 0.25) is 0 Å². The Bertz CT molecular complexity index is 590. The highest BCUT2D eigenvalue weighted by molar-refractivity contribution is 5.79. The van der Waals surface area contributed by atoms with Crippen molar-refractivity contribution < 1.29 is 9.59 Å². The van der Waals surface area contributed by atoms with Gasteiger partial charge >= 0.3 is 0 Å². The number of nitrogens with one attached hydrogen (secondary N) is 1. The summed E-state index contributed by atoms with van der Waals surface area (Å²) in [6.07, 6.45) is 3.64. The third-order valence-electron chi connectivity index (χ3n) is 5.31. The molecule has 0 radical (unpaired) electrons. The van der Waals surface area contributed by atoms with E-state index in [0.29, 0.717) is 19.5 Å². The van der Waals surface area contributed by atoms with Crippen molar-refractivity contribution in [2.75, 3.05) is 33.2 Å². The Morgan fingerprint density at radius 2 is 2.00 bits per heavy atom. The maximum absolute atomic E-state index is 12.4. The first-order valence-electron chi connectivity index (χ1n) is 8.86. The number of piperidine rings is 2. The van der Waals surface area contributed by atoms with Crippen LogP contribution in [0.3, 0.4) is 0 Å². The third kappa shape index (κ3) is 3.78. The number of rotatable bonds is 4. The number of nitrogens with zero attached hydrogens (tertiary/aromatic N) is 2. The van der Waals surface area contributed by atoms with Crippen LogP contribution in [0, 0.1) is 5.41 Å². The Morgan fingerprint density at radius 1 is 1.21 bits per heavy atom. The second-order valence-electron chi connectivity index (χ2n) is 7.18. The second kappa shape index (κ2) is 7.34. The van der Waals surface area contributed by atoms with Crippen molar-refractivity contribution in [3.63, 3.8) is 0 Å². The van der Waals surface area contributed by atoms with Crippen LogP contribution in [-0.4, -0.2) is 54.8 Å². The monoisotopic (exact) mass is 329 g/mol. The van der Waals surface area contributed by atoms with Crippen molar-refractivity contribution in [1.82, 2.24) is 15.1 Å². The molecule has 24 heavy (non-hydrogen) atoms. The van der Waals surface area contributed by atoms with Crippen LogP contribution < -0.4 is 5.32 Å². The van der Waals surface area contributed by atoms with E-state index in [4.69, 9.17) is 0 Å². The van der Waals surface area contributed by atoms with Gasteiger partial charge in [0.1, 0.15) is 0 Å². The molecule has 2 amide bonds. The summed E-state index contributed by atoms with van der Waals surface area (Å²) in [5.74, 6) is 0.409. The molecule has 1 atom stereocenters. The molecule has 2 aliphatic heterocycles. The molecule has 2 heterocycles. The summed E-state index contributed by atoms with van der Waals surface area (Å²) < 4.78 is 0. The molecule has 3 rings (SSSR count). The molecule has 1 aromatic carbocycles. The van der Waals surface area contributed by atoms with Gasteiger partial charge in [0.15, 0.2) is 0 Å². The zero-order valence-corrected chi connectivity index (χ0v) is 14.5. The molecule has 1 spiro atoms. The molecule has 5 heteroatoms. The van der Waals surface area contributed by atoms with E-state index in [0.717, 1.165) is 38.9 Å². The predicted molar refractivity (Wildman–Crippen MR) is 93.3 cm³/mol. The normalized spacial score (nSPS) is 24.5. The van der Waals surface area contributed by atoms with Crippen LogP contribution in [0.15, 0.2) is 30.3 Å². The topological polar surface area (TPSA) is 52.7 Å². The molecule has 1 N–H and O–H groups in total. The number of benzene rings is 1. The Morgan fingerprint density at radius 3 is 2.75 bits per heavy atom. The molecule has 2 saturated heterocycles. The molecular weight excluding hydrogens is 302 g/mol. The van der Waals surface area contributed by atoms with Crippen LogP contribution in [-0.2, 0) is 16.1 Å². The summed E-state index contributed by atoms with van der Waals surface area (Å²) >= 11 is 0. The maximum Gasteiger partial charge on any atom is 0.236 e. The van der Waals surface area contributed by atoms with Gasteiger partial charge in [-0.3, -0.25) is 9.59 Å². The Kier molecular flexibility index (Phi) is 5.19. The van der Waals surface area contributed by atoms with Gasteiger partial charge in [0.25, 0.3) is 0 Å². The van der Waals surface area contributed by atoms with Crippen molar-refractivity contribution in [3.05, 3.63) is 35.9 Å². The molecule has 1 aromatic rings. The SMILES string of the molecule is CNCC(=O)N1CCC[C@@]2(CCC(=O)N(Cc3ccccc3)C2)C1. The molecule has 2 aliphatic rings. The smallest absolute Gasteiger partial charge is 0.236 e. The van der Waals surface area contributed by atoms with Gasteiger partial charge in [-0.2, -0.15) is 0 Å².